The van der Waals surface area contributed by atoms with Crippen molar-refractivity contribution in [3.8, 4) is 0 Å². The molecule has 1 heterocycles. The van der Waals surface area contributed by atoms with E-state index in [4.69, 9.17) is 5.11 Å². The summed E-state index contributed by atoms with van der Waals surface area (Å²) in [7, 11) is -4.04. The van der Waals surface area contributed by atoms with Crippen molar-refractivity contribution >= 4 is 21.9 Å². The number of benzene rings is 1. The van der Waals surface area contributed by atoms with Crippen LogP contribution in [0.4, 0.5) is 0 Å². The molecule has 0 unspecified atom stereocenters. The maximum Gasteiger partial charge on any atom is 0.327 e. The molecule has 2 rings (SSSR count). The molecule has 6 nitrogen and oxygen atoms in total. The number of nitrogens with zero attached hydrogens (tertiary/aromatic N) is 1. The van der Waals surface area contributed by atoms with E-state index < -0.39 is 27.9 Å². The van der Waals surface area contributed by atoms with Gasteiger partial charge in [-0.2, -0.15) is 0 Å². The minimum atomic E-state index is -4.04. The minimum absolute atomic E-state index is 0.0144. The first-order valence-corrected chi connectivity index (χ1v) is 6.22. The molecule has 0 aromatic heterocycles. The predicted octanol–water partition coefficient (Wildman–Crippen LogP) is 0.304. The van der Waals surface area contributed by atoms with E-state index >= 15 is 0 Å². The van der Waals surface area contributed by atoms with Crippen molar-refractivity contribution in [2.75, 3.05) is 0 Å². The van der Waals surface area contributed by atoms with E-state index in [0.29, 0.717) is 4.31 Å². The van der Waals surface area contributed by atoms with E-state index in [1.54, 1.807) is 0 Å². The summed E-state index contributed by atoms with van der Waals surface area (Å²) in [5.74, 6) is -2.16. The monoisotopic (exact) mass is 255 g/mol. The van der Waals surface area contributed by atoms with Crippen molar-refractivity contribution in [3.63, 3.8) is 0 Å². The zero-order valence-electron chi connectivity index (χ0n) is 8.82. The number of sulfonamides is 1. The summed E-state index contributed by atoms with van der Waals surface area (Å²) in [5, 5.41) is 8.81. The molecule has 1 N–H and O–H groups in total. The van der Waals surface area contributed by atoms with Gasteiger partial charge in [-0.15, -0.1) is 0 Å². The fourth-order valence-electron chi connectivity index (χ4n) is 1.69. The lowest BCUT2D eigenvalue weighted by Crippen LogP contribution is -2.42. The molecule has 7 heteroatoms. The van der Waals surface area contributed by atoms with Crippen molar-refractivity contribution in [2.24, 2.45) is 0 Å². The molecule has 0 saturated heterocycles. The maximum atomic E-state index is 12.0. The Hall–Kier alpha value is -1.89. The minimum Gasteiger partial charge on any atom is -0.480 e. The van der Waals surface area contributed by atoms with Gasteiger partial charge in [-0.05, 0) is 19.1 Å². The highest BCUT2D eigenvalue weighted by molar-refractivity contribution is 7.90. The Morgan fingerprint density at radius 2 is 1.94 bits per heavy atom. The Kier molecular flexibility index (Phi) is 2.43. The standard InChI is InChI=1S/C10H9NO5S/c1-6(10(13)14)11-9(12)7-4-2-3-5-8(7)17(11,15)16/h2-6H,1H3,(H,13,14)/t6-/m0/s1. The average molecular weight is 255 g/mol. The van der Waals surface area contributed by atoms with Gasteiger partial charge in [0.25, 0.3) is 15.9 Å². The van der Waals surface area contributed by atoms with Crippen LogP contribution in [0.25, 0.3) is 0 Å². The van der Waals surface area contributed by atoms with Gasteiger partial charge in [-0.25, -0.2) is 17.5 Å². The van der Waals surface area contributed by atoms with E-state index in [2.05, 4.69) is 0 Å². The third kappa shape index (κ3) is 1.50. The second-order valence-electron chi connectivity index (χ2n) is 3.62. The van der Waals surface area contributed by atoms with Crippen molar-refractivity contribution in [1.29, 1.82) is 0 Å². The van der Waals surface area contributed by atoms with Crippen LogP contribution in [0.15, 0.2) is 29.2 Å². The zero-order valence-corrected chi connectivity index (χ0v) is 9.64. The second-order valence-corrected chi connectivity index (χ2v) is 5.40. The van der Waals surface area contributed by atoms with Crippen LogP contribution < -0.4 is 0 Å². The molecule has 1 aliphatic rings. The number of rotatable bonds is 2. The predicted molar refractivity (Wildman–Crippen MR) is 56.9 cm³/mol. The lowest BCUT2D eigenvalue weighted by molar-refractivity contribution is -0.140. The SMILES string of the molecule is C[C@@H](C(=O)O)N1C(=O)c2ccccc2S1(=O)=O. The lowest BCUT2D eigenvalue weighted by atomic mass is 10.2. The fraction of sp³-hybridized carbons (Fsp3) is 0.200. The Balaban J connectivity index is 2.63. The van der Waals surface area contributed by atoms with Gasteiger partial charge in [0.1, 0.15) is 10.9 Å². The van der Waals surface area contributed by atoms with E-state index in [1.165, 1.54) is 24.3 Å². The van der Waals surface area contributed by atoms with Gasteiger partial charge in [-0.1, -0.05) is 12.1 Å². The highest BCUT2D eigenvalue weighted by atomic mass is 32.2. The Morgan fingerprint density at radius 1 is 1.35 bits per heavy atom. The summed E-state index contributed by atoms with van der Waals surface area (Å²) in [6, 6.07) is 4.25. The first kappa shape index (κ1) is 11.6. The molecular weight excluding hydrogens is 246 g/mol. The quantitative estimate of drug-likeness (QED) is 0.820. The first-order valence-electron chi connectivity index (χ1n) is 4.78. The van der Waals surface area contributed by atoms with Crippen LogP contribution in [0, 0.1) is 0 Å². The van der Waals surface area contributed by atoms with Gasteiger partial charge in [0.2, 0.25) is 0 Å². The van der Waals surface area contributed by atoms with E-state index in [-0.39, 0.29) is 10.5 Å². The Labute approximate surface area is 97.5 Å². The molecule has 0 bridgehead atoms. The first-order chi connectivity index (χ1) is 7.87. The van der Waals surface area contributed by atoms with Crippen LogP contribution in [-0.2, 0) is 14.8 Å². The number of carboxylic acids is 1. The van der Waals surface area contributed by atoms with E-state index in [1.807, 2.05) is 0 Å². The summed E-state index contributed by atoms with van der Waals surface area (Å²) in [5.41, 5.74) is 0.0144. The van der Waals surface area contributed by atoms with Gasteiger partial charge < -0.3 is 5.11 Å². The van der Waals surface area contributed by atoms with Crippen LogP contribution in [-0.4, -0.2) is 35.7 Å². The van der Waals surface area contributed by atoms with Crippen LogP contribution >= 0.6 is 0 Å². The highest BCUT2D eigenvalue weighted by Crippen LogP contribution is 2.31. The third-order valence-corrected chi connectivity index (χ3v) is 4.48. The fourth-order valence-corrected chi connectivity index (χ4v) is 3.41. The second kappa shape index (κ2) is 3.56. The summed E-state index contributed by atoms with van der Waals surface area (Å²) in [6.45, 7) is 1.16. The highest BCUT2D eigenvalue weighted by Gasteiger charge is 2.45. The van der Waals surface area contributed by atoms with Crippen molar-refractivity contribution < 1.29 is 23.1 Å². The lowest BCUT2D eigenvalue weighted by Gasteiger charge is -2.19. The van der Waals surface area contributed by atoms with Crippen LogP contribution in [0.2, 0.25) is 0 Å². The van der Waals surface area contributed by atoms with Crippen LogP contribution in [0.5, 0.6) is 0 Å². The molecule has 1 atom stereocenters. The van der Waals surface area contributed by atoms with Gasteiger partial charge in [0.15, 0.2) is 0 Å². The Morgan fingerprint density at radius 3 is 2.47 bits per heavy atom. The molecule has 1 amide bonds. The number of aliphatic carboxylic acids is 1. The smallest absolute Gasteiger partial charge is 0.327 e. The van der Waals surface area contributed by atoms with Gasteiger partial charge in [0.05, 0.1) is 5.56 Å². The number of hydrogen-bond acceptors (Lipinski definition) is 4. The average Bonchev–Trinajstić information content (AvgIpc) is 2.47. The molecule has 90 valence electrons. The molecule has 0 spiro atoms. The number of carbonyl (C=O) groups is 2. The normalized spacial score (nSPS) is 18.9. The summed E-state index contributed by atoms with van der Waals surface area (Å²) in [4.78, 5) is 22.5. The van der Waals surface area contributed by atoms with Gasteiger partial charge in [0, 0.05) is 0 Å². The zero-order chi connectivity index (χ0) is 12.8. The van der Waals surface area contributed by atoms with Crippen LogP contribution in [0.1, 0.15) is 17.3 Å². The molecule has 17 heavy (non-hydrogen) atoms. The molecular formula is C10H9NO5S. The number of carboxylic acid groups (broad SMARTS) is 1. The molecule has 0 radical (unpaired) electrons. The molecule has 1 aromatic carbocycles. The van der Waals surface area contributed by atoms with E-state index in [0.717, 1.165) is 6.92 Å². The third-order valence-electron chi connectivity index (χ3n) is 2.56. The van der Waals surface area contributed by atoms with Gasteiger partial charge in [-0.3, -0.25) is 4.79 Å². The number of fused-ring (bicyclic) bond motifs is 1. The molecule has 0 fully saturated rings. The van der Waals surface area contributed by atoms with Crippen molar-refractivity contribution in [1.82, 2.24) is 4.31 Å². The van der Waals surface area contributed by atoms with E-state index in [9.17, 15) is 18.0 Å². The van der Waals surface area contributed by atoms with Crippen LogP contribution in [0.3, 0.4) is 0 Å². The molecule has 0 aliphatic carbocycles. The number of amides is 1. The van der Waals surface area contributed by atoms with Gasteiger partial charge >= 0.3 is 5.97 Å². The summed E-state index contributed by atoms with van der Waals surface area (Å²) >= 11 is 0. The van der Waals surface area contributed by atoms with Crippen molar-refractivity contribution in [2.45, 2.75) is 17.9 Å². The van der Waals surface area contributed by atoms with Crippen molar-refractivity contribution in [3.05, 3.63) is 29.8 Å². The number of hydrogen-bond donors (Lipinski definition) is 1. The largest absolute Gasteiger partial charge is 0.480 e. The maximum absolute atomic E-state index is 12.0. The number of carbonyl (C=O) groups excluding carboxylic acids is 1. The molecule has 0 saturated carbocycles. The summed E-state index contributed by atoms with van der Waals surface area (Å²) < 4.78 is 24.4. The topological polar surface area (TPSA) is 91.8 Å². The molecule has 1 aliphatic heterocycles. The molecule has 1 aromatic rings. The summed E-state index contributed by atoms with van der Waals surface area (Å²) in [6.07, 6.45) is 0. The Bertz CT molecular complexity index is 607.